The fourth-order valence-corrected chi connectivity index (χ4v) is 2.87. The zero-order chi connectivity index (χ0) is 16.5. The molecule has 0 aromatic heterocycles. The molecule has 1 N–H and O–H groups in total. The van der Waals surface area contributed by atoms with Crippen molar-refractivity contribution in [2.24, 2.45) is 11.8 Å². The van der Waals surface area contributed by atoms with E-state index in [1.54, 1.807) is 0 Å². The van der Waals surface area contributed by atoms with Crippen LogP contribution < -0.4 is 5.32 Å². The van der Waals surface area contributed by atoms with Gasteiger partial charge in [-0.1, -0.05) is 20.8 Å². The van der Waals surface area contributed by atoms with Crippen molar-refractivity contribution < 1.29 is 14.4 Å². The van der Waals surface area contributed by atoms with Crippen LogP contribution in [-0.2, 0) is 14.4 Å². The number of hydrogen-bond acceptors (Lipinski definition) is 3. The molecule has 2 rings (SSSR count). The van der Waals surface area contributed by atoms with E-state index in [9.17, 15) is 14.4 Å². The Balaban J connectivity index is 0.00000116. The molecule has 0 spiro atoms. The smallest absolute Gasteiger partial charge is 0.253 e. The van der Waals surface area contributed by atoms with E-state index in [2.05, 4.69) is 5.32 Å². The molecular weight excluding hydrogens is 280 g/mol. The summed E-state index contributed by atoms with van der Waals surface area (Å²) in [5, 5.41) is 2.94. The summed E-state index contributed by atoms with van der Waals surface area (Å²) in [4.78, 5) is 36.2. The van der Waals surface area contributed by atoms with E-state index in [4.69, 9.17) is 0 Å². The Bertz CT molecular complexity index is 406. The normalized spacial score (nSPS) is 24.0. The third kappa shape index (κ3) is 4.97. The van der Waals surface area contributed by atoms with E-state index in [1.807, 2.05) is 20.8 Å². The number of carbonyl (C=O) groups is 3. The van der Waals surface area contributed by atoms with Crippen LogP contribution >= 0.6 is 0 Å². The van der Waals surface area contributed by atoms with Crippen LogP contribution in [0, 0.1) is 11.8 Å². The van der Waals surface area contributed by atoms with Gasteiger partial charge < -0.3 is 5.32 Å². The third-order valence-electron chi connectivity index (χ3n) is 4.11. The molecule has 22 heavy (non-hydrogen) atoms. The molecule has 0 saturated heterocycles. The van der Waals surface area contributed by atoms with Gasteiger partial charge in [-0.15, -0.1) is 0 Å². The van der Waals surface area contributed by atoms with Crippen molar-refractivity contribution in [1.29, 1.82) is 0 Å². The van der Waals surface area contributed by atoms with Gasteiger partial charge in [0.1, 0.15) is 0 Å². The largest absolute Gasteiger partial charge is 0.356 e. The molecule has 0 aromatic carbocycles. The van der Waals surface area contributed by atoms with Gasteiger partial charge in [-0.2, -0.15) is 0 Å². The van der Waals surface area contributed by atoms with E-state index in [0.717, 1.165) is 38.6 Å². The average Bonchev–Trinajstić information content (AvgIpc) is 2.87. The Kier molecular flexibility index (Phi) is 7.85. The summed E-state index contributed by atoms with van der Waals surface area (Å²) >= 11 is 0. The molecule has 0 aromatic rings. The van der Waals surface area contributed by atoms with E-state index < -0.39 is 0 Å². The first-order valence-corrected chi connectivity index (χ1v) is 8.43. The molecule has 1 fully saturated rings. The number of nitrogens with one attached hydrogen (secondary N) is 1. The van der Waals surface area contributed by atoms with Crippen molar-refractivity contribution in [1.82, 2.24) is 10.2 Å². The summed E-state index contributed by atoms with van der Waals surface area (Å²) < 4.78 is 0. The third-order valence-corrected chi connectivity index (χ3v) is 4.11. The maximum absolute atomic E-state index is 11.9. The molecule has 1 heterocycles. The van der Waals surface area contributed by atoms with E-state index in [0.29, 0.717) is 12.5 Å². The van der Waals surface area contributed by atoms with Crippen LogP contribution in [0.25, 0.3) is 0 Å². The van der Waals surface area contributed by atoms with Gasteiger partial charge in [0, 0.05) is 31.2 Å². The molecule has 0 bridgehead atoms. The molecule has 1 aliphatic heterocycles. The fourth-order valence-electron chi connectivity index (χ4n) is 2.87. The zero-order valence-electron chi connectivity index (χ0n) is 13.9. The predicted octanol–water partition coefficient (Wildman–Crippen LogP) is 2.27. The van der Waals surface area contributed by atoms with Gasteiger partial charge in [-0.25, -0.2) is 0 Å². The molecule has 3 amide bonds. The summed E-state index contributed by atoms with van der Waals surface area (Å²) in [5.74, 6) is 0.162. The lowest BCUT2D eigenvalue weighted by Gasteiger charge is -2.29. The minimum atomic E-state index is -0.210. The zero-order valence-corrected chi connectivity index (χ0v) is 13.9. The number of hydrogen-bond donors (Lipinski definition) is 1. The second-order valence-corrected chi connectivity index (χ2v) is 5.63. The number of rotatable bonds is 5. The van der Waals surface area contributed by atoms with Crippen molar-refractivity contribution in [3.05, 3.63) is 12.2 Å². The quantitative estimate of drug-likeness (QED) is 0.792. The van der Waals surface area contributed by atoms with Crippen LogP contribution in [0.3, 0.4) is 0 Å². The van der Waals surface area contributed by atoms with Gasteiger partial charge in [-0.3, -0.25) is 19.3 Å². The Labute approximate surface area is 133 Å². The van der Waals surface area contributed by atoms with Gasteiger partial charge in [-0.05, 0) is 38.0 Å². The maximum atomic E-state index is 11.9. The Morgan fingerprint density at radius 3 is 2.18 bits per heavy atom. The fraction of sp³-hybridized carbons (Fsp3) is 0.706. The van der Waals surface area contributed by atoms with Crippen LogP contribution in [0.1, 0.15) is 52.9 Å². The summed E-state index contributed by atoms with van der Waals surface area (Å²) in [7, 11) is 0. The van der Waals surface area contributed by atoms with E-state index >= 15 is 0 Å². The lowest BCUT2D eigenvalue weighted by Crippen LogP contribution is -2.38. The SMILES string of the molecule is CC.CCCNC(=O)C1CCC(CN2C(=O)C=CC2=O)CC1. The Hall–Kier alpha value is -1.65. The highest BCUT2D eigenvalue weighted by molar-refractivity contribution is 6.12. The molecular formula is C17H28N2O3. The molecule has 5 nitrogen and oxygen atoms in total. The van der Waals surface area contributed by atoms with E-state index in [1.165, 1.54) is 17.1 Å². The number of imide groups is 1. The lowest BCUT2D eigenvalue weighted by atomic mass is 9.81. The Morgan fingerprint density at radius 2 is 1.68 bits per heavy atom. The molecule has 0 unspecified atom stereocenters. The van der Waals surface area contributed by atoms with Crippen molar-refractivity contribution in [2.75, 3.05) is 13.1 Å². The average molecular weight is 308 g/mol. The highest BCUT2D eigenvalue weighted by Crippen LogP contribution is 2.30. The van der Waals surface area contributed by atoms with Gasteiger partial charge in [0.05, 0.1) is 0 Å². The minimum absolute atomic E-state index is 0.0981. The highest BCUT2D eigenvalue weighted by Gasteiger charge is 2.30. The van der Waals surface area contributed by atoms with Crippen LogP contribution in [0.15, 0.2) is 12.2 Å². The van der Waals surface area contributed by atoms with E-state index in [-0.39, 0.29) is 23.6 Å². The van der Waals surface area contributed by atoms with Crippen molar-refractivity contribution in [2.45, 2.75) is 52.9 Å². The molecule has 1 saturated carbocycles. The molecule has 5 heteroatoms. The topological polar surface area (TPSA) is 66.5 Å². The van der Waals surface area contributed by atoms with Gasteiger partial charge in [0.2, 0.25) is 5.91 Å². The first-order chi connectivity index (χ1) is 10.6. The molecule has 124 valence electrons. The van der Waals surface area contributed by atoms with Crippen LogP contribution in [0.4, 0.5) is 0 Å². The standard InChI is InChI=1S/C15H22N2O3.C2H6/c1-2-9-16-15(20)12-5-3-11(4-6-12)10-17-13(18)7-8-14(17)19;1-2/h7-8,11-12H,2-6,9-10H2,1H3,(H,16,20);1-2H3. The molecule has 0 atom stereocenters. The van der Waals surface area contributed by atoms with Gasteiger partial charge in [0.25, 0.3) is 11.8 Å². The van der Waals surface area contributed by atoms with Crippen LogP contribution in [-0.4, -0.2) is 35.7 Å². The number of amides is 3. The lowest BCUT2D eigenvalue weighted by molar-refractivity contribution is -0.138. The van der Waals surface area contributed by atoms with Crippen molar-refractivity contribution in [3.8, 4) is 0 Å². The number of nitrogens with zero attached hydrogens (tertiary/aromatic N) is 1. The first-order valence-electron chi connectivity index (χ1n) is 8.43. The Morgan fingerprint density at radius 1 is 1.14 bits per heavy atom. The van der Waals surface area contributed by atoms with Crippen LogP contribution in [0.5, 0.6) is 0 Å². The second-order valence-electron chi connectivity index (χ2n) is 5.63. The first kappa shape index (κ1) is 18.4. The van der Waals surface area contributed by atoms with Crippen molar-refractivity contribution >= 4 is 17.7 Å². The monoisotopic (exact) mass is 308 g/mol. The van der Waals surface area contributed by atoms with Gasteiger partial charge >= 0.3 is 0 Å². The summed E-state index contributed by atoms with van der Waals surface area (Å²) in [5.41, 5.74) is 0. The molecule has 0 radical (unpaired) electrons. The predicted molar refractivity (Wildman–Crippen MR) is 86.0 cm³/mol. The maximum Gasteiger partial charge on any atom is 0.253 e. The van der Waals surface area contributed by atoms with Crippen LogP contribution in [0.2, 0.25) is 0 Å². The highest BCUT2D eigenvalue weighted by atomic mass is 16.2. The summed E-state index contributed by atoms with van der Waals surface area (Å²) in [6, 6.07) is 0. The molecule has 1 aliphatic carbocycles. The number of carbonyl (C=O) groups excluding carboxylic acids is 3. The van der Waals surface area contributed by atoms with Gasteiger partial charge in [0.15, 0.2) is 0 Å². The van der Waals surface area contributed by atoms with Crippen molar-refractivity contribution in [3.63, 3.8) is 0 Å². The molecule has 2 aliphatic rings. The minimum Gasteiger partial charge on any atom is -0.356 e. The second kappa shape index (κ2) is 9.38. The summed E-state index contributed by atoms with van der Waals surface area (Å²) in [6.07, 6.45) is 7.11. The summed E-state index contributed by atoms with van der Waals surface area (Å²) in [6.45, 7) is 7.27.